The quantitative estimate of drug-likeness (QED) is 0.887. The molecule has 0 saturated carbocycles. The molecular formula is C14H19BrN2O2. The van der Waals surface area contributed by atoms with Crippen LogP contribution in [0.25, 0.3) is 0 Å². The monoisotopic (exact) mass is 326 g/mol. The van der Waals surface area contributed by atoms with Crippen LogP contribution < -0.4 is 11.1 Å². The number of ether oxygens (including phenoxy) is 1. The lowest BCUT2D eigenvalue weighted by molar-refractivity contribution is -0.124. The summed E-state index contributed by atoms with van der Waals surface area (Å²) in [4.78, 5) is 12.0. The van der Waals surface area contributed by atoms with Crippen LogP contribution in [0.1, 0.15) is 18.4 Å². The number of nitrogens with two attached hydrogens (primary N) is 1. The van der Waals surface area contributed by atoms with Crippen LogP contribution in [0.4, 0.5) is 0 Å². The van der Waals surface area contributed by atoms with Crippen LogP contribution in [0.5, 0.6) is 0 Å². The molecule has 1 aromatic carbocycles. The fourth-order valence-electron chi connectivity index (χ4n) is 2.23. The number of rotatable bonds is 4. The Morgan fingerprint density at radius 3 is 2.79 bits per heavy atom. The minimum absolute atomic E-state index is 0.0809. The van der Waals surface area contributed by atoms with Gasteiger partial charge in [0.05, 0.1) is 6.04 Å². The summed E-state index contributed by atoms with van der Waals surface area (Å²) in [6, 6.07) is 7.39. The highest BCUT2D eigenvalue weighted by atomic mass is 79.9. The van der Waals surface area contributed by atoms with Crippen LogP contribution in [0.3, 0.4) is 0 Å². The van der Waals surface area contributed by atoms with Gasteiger partial charge in [-0.2, -0.15) is 0 Å². The van der Waals surface area contributed by atoms with Crippen LogP contribution in [-0.4, -0.2) is 25.2 Å². The molecule has 0 spiro atoms. The van der Waals surface area contributed by atoms with E-state index in [9.17, 15) is 4.79 Å². The maximum atomic E-state index is 12.0. The molecule has 0 bridgehead atoms. The van der Waals surface area contributed by atoms with E-state index in [4.69, 9.17) is 10.5 Å². The van der Waals surface area contributed by atoms with Gasteiger partial charge in [-0.1, -0.05) is 34.1 Å². The summed E-state index contributed by atoms with van der Waals surface area (Å²) < 4.78 is 6.28. The van der Waals surface area contributed by atoms with E-state index < -0.39 is 6.04 Å². The average Bonchev–Trinajstić information content (AvgIpc) is 2.46. The number of hydrogen-bond acceptors (Lipinski definition) is 3. The van der Waals surface area contributed by atoms with Gasteiger partial charge in [-0.25, -0.2) is 0 Å². The molecule has 1 aliphatic rings. The molecule has 1 aliphatic heterocycles. The lowest BCUT2D eigenvalue weighted by Crippen LogP contribution is -2.46. The summed E-state index contributed by atoms with van der Waals surface area (Å²) in [6.45, 7) is 1.91. The molecule has 19 heavy (non-hydrogen) atoms. The topological polar surface area (TPSA) is 64.4 Å². The van der Waals surface area contributed by atoms with E-state index in [0.717, 1.165) is 22.9 Å². The van der Waals surface area contributed by atoms with Crippen LogP contribution >= 0.6 is 15.9 Å². The van der Waals surface area contributed by atoms with Gasteiger partial charge in [0.15, 0.2) is 0 Å². The molecule has 2 rings (SSSR count). The fraction of sp³-hybridized carbons (Fsp3) is 0.500. The Bertz CT molecular complexity index is 433. The van der Waals surface area contributed by atoms with E-state index in [0.29, 0.717) is 19.8 Å². The highest BCUT2D eigenvalue weighted by Crippen LogP contribution is 2.18. The van der Waals surface area contributed by atoms with Crippen molar-refractivity contribution in [3.63, 3.8) is 0 Å². The van der Waals surface area contributed by atoms with Gasteiger partial charge >= 0.3 is 0 Å². The molecule has 1 saturated heterocycles. The number of hydrogen-bond donors (Lipinski definition) is 2. The lowest BCUT2D eigenvalue weighted by atomic mass is 9.92. The van der Waals surface area contributed by atoms with E-state index >= 15 is 0 Å². The first kappa shape index (κ1) is 14.5. The number of carbonyl (C=O) groups is 1. The standard InChI is InChI=1S/C14H19BrN2O2/c15-12-4-2-1-3-11(12)9-17-14(18)13(16)10-5-7-19-8-6-10/h1-4,10,13H,5-9,16H2,(H,17,18). The first-order chi connectivity index (χ1) is 9.18. The third-order valence-electron chi connectivity index (χ3n) is 3.49. The van der Waals surface area contributed by atoms with Crippen molar-refractivity contribution in [2.75, 3.05) is 13.2 Å². The molecule has 0 radical (unpaired) electrons. The van der Waals surface area contributed by atoms with Gasteiger partial charge in [0.25, 0.3) is 0 Å². The zero-order chi connectivity index (χ0) is 13.7. The van der Waals surface area contributed by atoms with Gasteiger partial charge in [-0.15, -0.1) is 0 Å². The van der Waals surface area contributed by atoms with Gasteiger partial charge in [-0.3, -0.25) is 4.79 Å². The van der Waals surface area contributed by atoms with E-state index in [1.165, 1.54) is 0 Å². The summed E-state index contributed by atoms with van der Waals surface area (Å²) in [5.74, 6) is 0.149. The van der Waals surface area contributed by atoms with Crippen LogP contribution in [0, 0.1) is 5.92 Å². The lowest BCUT2D eigenvalue weighted by Gasteiger charge is -2.26. The number of carbonyl (C=O) groups excluding carboxylic acids is 1. The predicted octanol–water partition coefficient (Wildman–Crippen LogP) is 1.82. The molecule has 3 N–H and O–H groups in total. The molecule has 0 aliphatic carbocycles. The van der Waals surface area contributed by atoms with Gasteiger partial charge in [-0.05, 0) is 30.4 Å². The molecule has 1 fully saturated rings. The first-order valence-corrected chi connectivity index (χ1v) is 7.32. The average molecular weight is 327 g/mol. The second-order valence-corrected chi connectivity index (χ2v) is 5.64. The number of benzene rings is 1. The van der Waals surface area contributed by atoms with Gasteiger partial charge < -0.3 is 15.8 Å². The third-order valence-corrected chi connectivity index (χ3v) is 4.26. The molecule has 104 valence electrons. The molecule has 1 amide bonds. The zero-order valence-electron chi connectivity index (χ0n) is 10.8. The number of amides is 1. The molecule has 5 heteroatoms. The van der Waals surface area contributed by atoms with Crippen molar-refractivity contribution in [2.24, 2.45) is 11.7 Å². The SMILES string of the molecule is NC(C(=O)NCc1ccccc1Br)C1CCOCC1. The molecule has 1 unspecified atom stereocenters. The van der Waals surface area contributed by atoms with Crippen LogP contribution in [0.2, 0.25) is 0 Å². The highest BCUT2D eigenvalue weighted by molar-refractivity contribution is 9.10. The van der Waals surface area contributed by atoms with E-state index in [1.54, 1.807) is 0 Å². The minimum atomic E-state index is -0.439. The molecule has 0 aromatic heterocycles. The Morgan fingerprint density at radius 2 is 2.11 bits per heavy atom. The first-order valence-electron chi connectivity index (χ1n) is 6.53. The Hall–Kier alpha value is -0.910. The third kappa shape index (κ3) is 4.03. The van der Waals surface area contributed by atoms with Crippen LogP contribution in [-0.2, 0) is 16.1 Å². The van der Waals surface area contributed by atoms with E-state index in [1.807, 2.05) is 24.3 Å². The van der Waals surface area contributed by atoms with Crippen molar-refractivity contribution < 1.29 is 9.53 Å². The Labute approximate surface area is 121 Å². The minimum Gasteiger partial charge on any atom is -0.381 e. The Kier molecular flexibility index (Phi) is 5.36. The summed E-state index contributed by atoms with van der Waals surface area (Å²) in [5.41, 5.74) is 7.07. The summed E-state index contributed by atoms with van der Waals surface area (Å²) in [5, 5.41) is 2.90. The summed E-state index contributed by atoms with van der Waals surface area (Å²) in [6.07, 6.45) is 1.73. The summed E-state index contributed by atoms with van der Waals surface area (Å²) >= 11 is 3.46. The maximum absolute atomic E-state index is 12.0. The van der Waals surface area contributed by atoms with E-state index in [2.05, 4.69) is 21.2 Å². The maximum Gasteiger partial charge on any atom is 0.237 e. The van der Waals surface area contributed by atoms with Gasteiger partial charge in [0, 0.05) is 24.2 Å². The highest BCUT2D eigenvalue weighted by Gasteiger charge is 2.26. The van der Waals surface area contributed by atoms with Crippen LogP contribution in [0.15, 0.2) is 28.7 Å². The Balaban J connectivity index is 1.85. The summed E-state index contributed by atoms with van der Waals surface area (Å²) in [7, 11) is 0. The van der Waals surface area contributed by atoms with Crippen molar-refractivity contribution in [1.29, 1.82) is 0 Å². The predicted molar refractivity (Wildman–Crippen MR) is 77.5 cm³/mol. The zero-order valence-corrected chi connectivity index (χ0v) is 12.4. The number of halogens is 1. The van der Waals surface area contributed by atoms with Crippen molar-refractivity contribution in [3.8, 4) is 0 Å². The van der Waals surface area contributed by atoms with Crippen molar-refractivity contribution in [2.45, 2.75) is 25.4 Å². The molecule has 1 atom stereocenters. The molecule has 4 nitrogen and oxygen atoms in total. The molecule has 1 aromatic rings. The smallest absolute Gasteiger partial charge is 0.237 e. The van der Waals surface area contributed by atoms with Gasteiger partial charge in [0.1, 0.15) is 0 Å². The van der Waals surface area contributed by atoms with Crippen molar-refractivity contribution >= 4 is 21.8 Å². The molecule has 1 heterocycles. The Morgan fingerprint density at radius 1 is 1.42 bits per heavy atom. The fourth-order valence-corrected chi connectivity index (χ4v) is 2.66. The normalized spacial score (nSPS) is 18.0. The van der Waals surface area contributed by atoms with Gasteiger partial charge in [0.2, 0.25) is 5.91 Å². The second kappa shape index (κ2) is 7.03. The largest absolute Gasteiger partial charge is 0.381 e. The van der Waals surface area contributed by atoms with Crippen molar-refractivity contribution in [3.05, 3.63) is 34.3 Å². The van der Waals surface area contributed by atoms with Crippen molar-refractivity contribution in [1.82, 2.24) is 5.32 Å². The number of nitrogens with one attached hydrogen (secondary N) is 1. The molecular weight excluding hydrogens is 308 g/mol. The van der Waals surface area contributed by atoms with E-state index in [-0.39, 0.29) is 11.8 Å². The second-order valence-electron chi connectivity index (χ2n) is 4.78.